The van der Waals surface area contributed by atoms with Gasteiger partial charge in [-0.1, -0.05) is 0 Å². The van der Waals surface area contributed by atoms with Crippen LogP contribution in [0.3, 0.4) is 0 Å². The number of hydrogen-bond acceptors (Lipinski definition) is 1. The minimum atomic E-state index is 0.133. The van der Waals surface area contributed by atoms with Crippen molar-refractivity contribution in [1.82, 2.24) is 0 Å². The van der Waals surface area contributed by atoms with E-state index >= 15 is 0 Å². The number of terminal acetylenes is 1. The van der Waals surface area contributed by atoms with E-state index in [-0.39, 0.29) is 6.61 Å². The third kappa shape index (κ3) is 6.12. The molecule has 0 unspecified atom stereocenters. The smallest absolute Gasteiger partial charge is 0.0622 e. The molecule has 0 saturated carbocycles. The molecule has 0 fully saturated rings. The van der Waals surface area contributed by atoms with Crippen molar-refractivity contribution in [2.75, 3.05) is 6.61 Å². The normalized spacial score (nSPS) is 11.1. The van der Waals surface area contributed by atoms with Crippen molar-refractivity contribution >= 4 is 22.6 Å². The highest BCUT2D eigenvalue weighted by atomic mass is 127. The van der Waals surface area contributed by atoms with Crippen LogP contribution in [-0.4, -0.2) is 11.7 Å². The fourth-order valence-electron chi connectivity index (χ4n) is 0.560. The summed E-state index contributed by atoms with van der Waals surface area (Å²) in [5, 5.41) is 8.47. The fraction of sp³-hybridized carbons (Fsp3) is 0.500. The minimum Gasteiger partial charge on any atom is -0.392 e. The number of rotatable bonds is 4. The highest BCUT2D eigenvalue weighted by Crippen LogP contribution is 2.13. The van der Waals surface area contributed by atoms with Crippen molar-refractivity contribution in [3.05, 3.63) is 9.66 Å². The summed E-state index contributed by atoms with van der Waals surface area (Å²) in [6.07, 6.45) is 9.71. The molecule has 0 bridgehead atoms. The lowest BCUT2D eigenvalue weighted by Crippen LogP contribution is -1.78. The molecular formula is C8H11IO. The quantitative estimate of drug-likeness (QED) is 0.460. The molecule has 0 aromatic carbocycles. The van der Waals surface area contributed by atoms with E-state index in [2.05, 4.69) is 28.5 Å². The maximum absolute atomic E-state index is 8.47. The second-order valence-electron chi connectivity index (χ2n) is 1.89. The van der Waals surface area contributed by atoms with E-state index in [0.717, 1.165) is 19.3 Å². The van der Waals surface area contributed by atoms with Crippen molar-refractivity contribution in [1.29, 1.82) is 0 Å². The number of aliphatic hydroxyl groups excluding tert-OH is 1. The molecule has 0 aliphatic rings. The summed E-state index contributed by atoms with van der Waals surface area (Å²) in [7, 11) is 0. The average Bonchev–Trinajstić information content (AvgIpc) is 1.89. The Morgan fingerprint density at radius 2 is 2.40 bits per heavy atom. The first-order valence-corrected chi connectivity index (χ1v) is 4.28. The van der Waals surface area contributed by atoms with E-state index in [9.17, 15) is 0 Å². The Morgan fingerprint density at radius 3 is 2.90 bits per heavy atom. The van der Waals surface area contributed by atoms with Crippen LogP contribution in [0, 0.1) is 12.3 Å². The standard InChI is InChI=1S/C8H11IO/c1-2-3-4-5-8(9)6-7-10/h1,6,10H,3-5,7H2/b8-6+. The van der Waals surface area contributed by atoms with Gasteiger partial charge in [0.1, 0.15) is 0 Å². The maximum atomic E-state index is 8.47. The summed E-state index contributed by atoms with van der Waals surface area (Å²) in [6.45, 7) is 0.133. The topological polar surface area (TPSA) is 20.2 Å². The Morgan fingerprint density at radius 1 is 1.70 bits per heavy atom. The Balaban J connectivity index is 3.32. The van der Waals surface area contributed by atoms with Gasteiger partial charge < -0.3 is 5.11 Å². The Kier molecular flexibility index (Phi) is 7.09. The number of allylic oxidation sites excluding steroid dienone is 1. The number of unbranched alkanes of at least 4 members (excludes halogenated alkanes) is 1. The lowest BCUT2D eigenvalue weighted by Gasteiger charge is -1.93. The van der Waals surface area contributed by atoms with Gasteiger partial charge in [0.25, 0.3) is 0 Å². The molecule has 56 valence electrons. The van der Waals surface area contributed by atoms with Gasteiger partial charge in [0.2, 0.25) is 0 Å². The van der Waals surface area contributed by atoms with Gasteiger partial charge in [-0.2, -0.15) is 0 Å². The molecule has 0 aromatic rings. The second-order valence-corrected chi connectivity index (χ2v) is 3.28. The molecule has 10 heavy (non-hydrogen) atoms. The molecule has 0 rings (SSSR count). The number of hydrogen-bond donors (Lipinski definition) is 1. The van der Waals surface area contributed by atoms with E-state index in [1.165, 1.54) is 3.58 Å². The van der Waals surface area contributed by atoms with Crippen LogP contribution in [0.2, 0.25) is 0 Å². The van der Waals surface area contributed by atoms with E-state index < -0.39 is 0 Å². The van der Waals surface area contributed by atoms with Gasteiger partial charge in [0, 0.05) is 6.42 Å². The van der Waals surface area contributed by atoms with Crippen LogP contribution in [0.25, 0.3) is 0 Å². The fourth-order valence-corrected chi connectivity index (χ4v) is 1.14. The van der Waals surface area contributed by atoms with Crippen molar-refractivity contribution in [3.63, 3.8) is 0 Å². The van der Waals surface area contributed by atoms with Crippen molar-refractivity contribution < 1.29 is 5.11 Å². The minimum absolute atomic E-state index is 0.133. The Bertz CT molecular complexity index is 144. The molecule has 0 atom stereocenters. The van der Waals surface area contributed by atoms with Gasteiger partial charge in [-0.25, -0.2) is 0 Å². The maximum Gasteiger partial charge on any atom is 0.0622 e. The van der Waals surface area contributed by atoms with E-state index in [1.54, 1.807) is 6.08 Å². The van der Waals surface area contributed by atoms with Crippen LogP contribution >= 0.6 is 22.6 Å². The van der Waals surface area contributed by atoms with E-state index in [0.29, 0.717) is 0 Å². The summed E-state index contributed by atoms with van der Waals surface area (Å²) in [5.74, 6) is 2.57. The van der Waals surface area contributed by atoms with Gasteiger partial charge in [0.15, 0.2) is 0 Å². The zero-order chi connectivity index (χ0) is 7.82. The van der Waals surface area contributed by atoms with Crippen molar-refractivity contribution in [3.8, 4) is 12.3 Å². The van der Waals surface area contributed by atoms with Gasteiger partial charge >= 0.3 is 0 Å². The van der Waals surface area contributed by atoms with Crippen LogP contribution in [0.5, 0.6) is 0 Å². The summed E-state index contributed by atoms with van der Waals surface area (Å²) in [6, 6.07) is 0. The highest BCUT2D eigenvalue weighted by molar-refractivity contribution is 14.1. The molecule has 0 saturated heterocycles. The molecular weight excluding hydrogens is 239 g/mol. The molecule has 0 aromatic heterocycles. The first-order chi connectivity index (χ1) is 4.81. The summed E-state index contributed by atoms with van der Waals surface area (Å²) in [4.78, 5) is 0. The van der Waals surface area contributed by atoms with Crippen LogP contribution < -0.4 is 0 Å². The van der Waals surface area contributed by atoms with Crippen molar-refractivity contribution in [2.24, 2.45) is 0 Å². The third-order valence-corrected chi connectivity index (χ3v) is 2.03. The molecule has 2 heteroatoms. The molecule has 0 amide bonds. The van der Waals surface area contributed by atoms with Gasteiger partial charge in [-0.15, -0.1) is 12.3 Å². The van der Waals surface area contributed by atoms with Crippen LogP contribution in [0.15, 0.2) is 9.66 Å². The molecule has 0 aliphatic carbocycles. The molecule has 0 heterocycles. The lowest BCUT2D eigenvalue weighted by molar-refractivity contribution is 0.342. The second kappa shape index (κ2) is 7.10. The zero-order valence-electron chi connectivity index (χ0n) is 5.81. The average molecular weight is 250 g/mol. The summed E-state index contributed by atoms with van der Waals surface area (Å²) >= 11 is 2.21. The van der Waals surface area contributed by atoms with Gasteiger partial charge in [-0.05, 0) is 45.1 Å². The van der Waals surface area contributed by atoms with Crippen molar-refractivity contribution in [2.45, 2.75) is 19.3 Å². The first-order valence-electron chi connectivity index (χ1n) is 3.20. The van der Waals surface area contributed by atoms with E-state index in [1.807, 2.05) is 0 Å². The number of halogens is 1. The molecule has 1 N–H and O–H groups in total. The predicted molar refractivity (Wildman–Crippen MR) is 51.9 cm³/mol. The van der Waals surface area contributed by atoms with Gasteiger partial charge in [-0.3, -0.25) is 0 Å². The third-order valence-electron chi connectivity index (χ3n) is 1.05. The first kappa shape index (κ1) is 9.99. The molecule has 0 aliphatic heterocycles. The summed E-state index contributed by atoms with van der Waals surface area (Å²) < 4.78 is 1.19. The monoisotopic (exact) mass is 250 g/mol. The van der Waals surface area contributed by atoms with Crippen LogP contribution in [0.1, 0.15) is 19.3 Å². The SMILES string of the molecule is C#CCCC/C(I)=C\CO. The Hall–Kier alpha value is -0.0100. The highest BCUT2D eigenvalue weighted by Gasteiger charge is 1.89. The van der Waals surface area contributed by atoms with E-state index in [4.69, 9.17) is 11.5 Å². The largest absolute Gasteiger partial charge is 0.392 e. The predicted octanol–water partition coefficient (Wildman–Crippen LogP) is 2.10. The lowest BCUT2D eigenvalue weighted by atomic mass is 10.2. The van der Waals surface area contributed by atoms with Gasteiger partial charge in [0.05, 0.1) is 6.61 Å². The molecule has 1 nitrogen and oxygen atoms in total. The van der Waals surface area contributed by atoms with Crippen LogP contribution in [-0.2, 0) is 0 Å². The Labute approximate surface area is 75.7 Å². The summed E-state index contributed by atoms with van der Waals surface area (Å²) in [5.41, 5.74) is 0. The van der Waals surface area contributed by atoms with Crippen LogP contribution in [0.4, 0.5) is 0 Å². The number of aliphatic hydroxyl groups is 1. The molecule has 0 radical (unpaired) electrons. The zero-order valence-corrected chi connectivity index (χ0v) is 7.97. The molecule has 0 spiro atoms.